The first-order chi connectivity index (χ1) is 12.3. The molecule has 0 aliphatic carbocycles. The van der Waals surface area contributed by atoms with E-state index in [9.17, 15) is 13.2 Å². The number of sulfonamides is 1. The van der Waals surface area contributed by atoms with Crippen LogP contribution in [-0.2, 0) is 14.8 Å². The minimum absolute atomic E-state index is 0.174. The molecule has 1 fully saturated rings. The molecule has 1 amide bonds. The summed E-state index contributed by atoms with van der Waals surface area (Å²) in [5.41, 5.74) is 2.90. The van der Waals surface area contributed by atoms with Crippen LogP contribution in [0.15, 0.2) is 29.2 Å². The molecule has 1 saturated heterocycles. The van der Waals surface area contributed by atoms with Crippen LogP contribution in [0.4, 0.5) is 5.69 Å². The molecule has 0 radical (unpaired) electrons. The Bertz CT molecular complexity index is 911. The van der Waals surface area contributed by atoms with Crippen molar-refractivity contribution in [1.29, 1.82) is 0 Å². The summed E-state index contributed by atoms with van der Waals surface area (Å²) in [6.45, 7) is 6.68. The van der Waals surface area contributed by atoms with Crippen molar-refractivity contribution in [1.82, 2.24) is 9.29 Å². The number of hydrogen-bond acceptors (Lipinski definition) is 4. The van der Waals surface area contributed by atoms with E-state index in [1.165, 1.54) is 4.31 Å². The topological polar surface area (TPSA) is 91.5 Å². The summed E-state index contributed by atoms with van der Waals surface area (Å²) in [5, 5.41) is 2.80. The lowest BCUT2D eigenvalue weighted by Crippen LogP contribution is -2.40. The number of nitrogens with zero attached hydrogens (tertiary/aromatic N) is 1. The second-order valence-corrected chi connectivity index (χ2v) is 8.29. The van der Waals surface area contributed by atoms with Crippen LogP contribution in [0.5, 0.6) is 0 Å². The van der Waals surface area contributed by atoms with E-state index in [-0.39, 0.29) is 16.5 Å². The number of carbonyl (C=O) groups is 1. The number of aryl methyl sites for hydroxylation is 2. The van der Waals surface area contributed by atoms with Gasteiger partial charge in [0.1, 0.15) is 10.6 Å². The number of aromatic nitrogens is 1. The quantitative estimate of drug-likeness (QED) is 0.855. The molecule has 1 aromatic heterocycles. The number of H-pyrrole nitrogens is 1. The number of carbonyl (C=O) groups excluding carboxylic acids is 1. The molecule has 2 heterocycles. The number of anilines is 1. The zero-order chi connectivity index (χ0) is 18.9. The minimum Gasteiger partial charge on any atom is -0.379 e. The Hall–Kier alpha value is -2.16. The van der Waals surface area contributed by atoms with Crippen LogP contribution in [0.1, 0.15) is 27.3 Å². The summed E-state index contributed by atoms with van der Waals surface area (Å²) < 4.78 is 32.6. The van der Waals surface area contributed by atoms with Crippen LogP contribution in [0.25, 0.3) is 0 Å². The van der Waals surface area contributed by atoms with E-state index >= 15 is 0 Å². The summed E-state index contributed by atoms with van der Waals surface area (Å²) in [5.74, 6) is -0.363. The van der Waals surface area contributed by atoms with Crippen molar-refractivity contribution in [2.24, 2.45) is 0 Å². The standard InChI is InChI=1S/C18H23N3O4S/c1-12-4-6-15(7-5-12)20-18(22)16-13(2)17(14(3)19-16)26(23,24)21-8-10-25-11-9-21/h4-7,19H,8-11H2,1-3H3,(H,20,22). The molecular weight excluding hydrogens is 354 g/mol. The summed E-state index contributed by atoms with van der Waals surface area (Å²) in [6.07, 6.45) is 0. The van der Waals surface area contributed by atoms with Gasteiger partial charge >= 0.3 is 0 Å². The summed E-state index contributed by atoms with van der Waals surface area (Å²) in [4.78, 5) is 15.7. The molecule has 2 N–H and O–H groups in total. The molecule has 1 aromatic carbocycles. The number of morpholine rings is 1. The summed E-state index contributed by atoms with van der Waals surface area (Å²) in [6, 6.07) is 7.42. The van der Waals surface area contributed by atoms with Gasteiger partial charge in [-0.15, -0.1) is 0 Å². The molecular formula is C18H23N3O4S. The number of amides is 1. The van der Waals surface area contributed by atoms with Gasteiger partial charge in [0, 0.05) is 24.5 Å². The lowest BCUT2D eigenvalue weighted by atomic mass is 10.2. The highest BCUT2D eigenvalue weighted by molar-refractivity contribution is 7.89. The van der Waals surface area contributed by atoms with Gasteiger partial charge in [-0.1, -0.05) is 17.7 Å². The highest BCUT2D eigenvalue weighted by atomic mass is 32.2. The van der Waals surface area contributed by atoms with E-state index < -0.39 is 10.0 Å². The molecule has 0 unspecified atom stereocenters. The predicted octanol–water partition coefficient (Wildman–Crippen LogP) is 2.21. The van der Waals surface area contributed by atoms with Gasteiger partial charge in [-0.2, -0.15) is 4.31 Å². The molecule has 0 saturated carbocycles. The monoisotopic (exact) mass is 377 g/mol. The third-order valence-electron chi connectivity index (χ3n) is 4.47. The maximum atomic E-state index is 13.0. The number of rotatable bonds is 4. The maximum absolute atomic E-state index is 13.0. The van der Waals surface area contributed by atoms with Crippen molar-refractivity contribution in [3.8, 4) is 0 Å². The maximum Gasteiger partial charge on any atom is 0.272 e. The first-order valence-corrected chi connectivity index (χ1v) is 9.90. The van der Waals surface area contributed by atoms with Crippen molar-refractivity contribution in [3.05, 3.63) is 46.8 Å². The SMILES string of the molecule is Cc1ccc(NC(=O)c2[nH]c(C)c(S(=O)(=O)N3CCOCC3)c2C)cc1. The zero-order valence-electron chi connectivity index (χ0n) is 15.1. The number of nitrogens with one attached hydrogen (secondary N) is 2. The first kappa shape index (κ1) is 18.6. The van der Waals surface area contributed by atoms with E-state index in [0.29, 0.717) is 43.2 Å². The fourth-order valence-corrected chi connectivity index (χ4v) is 4.91. The van der Waals surface area contributed by atoms with E-state index in [2.05, 4.69) is 10.3 Å². The van der Waals surface area contributed by atoms with Crippen molar-refractivity contribution in [3.63, 3.8) is 0 Å². The third kappa shape index (κ3) is 3.53. The lowest BCUT2D eigenvalue weighted by molar-refractivity contribution is 0.0730. The van der Waals surface area contributed by atoms with Crippen LogP contribution in [0.2, 0.25) is 0 Å². The van der Waals surface area contributed by atoms with Crippen molar-refractivity contribution in [2.45, 2.75) is 25.7 Å². The second-order valence-electron chi connectivity index (χ2n) is 6.42. The summed E-state index contributed by atoms with van der Waals surface area (Å²) in [7, 11) is -3.67. The molecule has 140 valence electrons. The second kappa shape index (κ2) is 7.22. The first-order valence-electron chi connectivity index (χ1n) is 8.46. The molecule has 3 rings (SSSR count). The Labute approximate surface area is 153 Å². The third-order valence-corrected chi connectivity index (χ3v) is 6.65. The van der Waals surface area contributed by atoms with Crippen LogP contribution in [0, 0.1) is 20.8 Å². The van der Waals surface area contributed by atoms with Crippen LogP contribution >= 0.6 is 0 Å². The van der Waals surface area contributed by atoms with Gasteiger partial charge in [0.15, 0.2) is 0 Å². The Kier molecular flexibility index (Phi) is 5.17. The number of aromatic amines is 1. The average molecular weight is 377 g/mol. The molecule has 0 bridgehead atoms. The van der Waals surface area contributed by atoms with Crippen LogP contribution < -0.4 is 5.32 Å². The normalized spacial score (nSPS) is 15.8. The Balaban J connectivity index is 1.89. The van der Waals surface area contributed by atoms with Gasteiger partial charge in [0.2, 0.25) is 10.0 Å². The van der Waals surface area contributed by atoms with Gasteiger partial charge in [0.25, 0.3) is 5.91 Å². The average Bonchev–Trinajstić information content (AvgIpc) is 2.93. The van der Waals surface area contributed by atoms with E-state index in [1.807, 2.05) is 31.2 Å². The van der Waals surface area contributed by atoms with Crippen molar-refractivity contribution < 1.29 is 17.9 Å². The fourth-order valence-electron chi connectivity index (χ4n) is 3.09. The Morgan fingerprint density at radius 3 is 2.35 bits per heavy atom. The van der Waals surface area contributed by atoms with Gasteiger partial charge in [-0.05, 0) is 38.5 Å². The molecule has 26 heavy (non-hydrogen) atoms. The van der Waals surface area contributed by atoms with Gasteiger partial charge in [0.05, 0.1) is 13.2 Å². The smallest absolute Gasteiger partial charge is 0.272 e. The van der Waals surface area contributed by atoms with Gasteiger partial charge < -0.3 is 15.0 Å². The predicted molar refractivity (Wildman–Crippen MR) is 99.0 cm³/mol. The lowest BCUT2D eigenvalue weighted by Gasteiger charge is -2.26. The number of benzene rings is 1. The Morgan fingerprint density at radius 1 is 1.12 bits per heavy atom. The molecule has 8 heteroatoms. The van der Waals surface area contributed by atoms with E-state index in [0.717, 1.165) is 5.56 Å². The van der Waals surface area contributed by atoms with Gasteiger partial charge in [-0.3, -0.25) is 4.79 Å². The van der Waals surface area contributed by atoms with E-state index in [4.69, 9.17) is 4.74 Å². The molecule has 0 atom stereocenters. The van der Waals surface area contributed by atoms with Crippen LogP contribution in [0.3, 0.4) is 0 Å². The molecule has 2 aromatic rings. The number of ether oxygens (including phenoxy) is 1. The molecule has 1 aliphatic heterocycles. The number of hydrogen-bond donors (Lipinski definition) is 2. The highest BCUT2D eigenvalue weighted by Gasteiger charge is 2.32. The zero-order valence-corrected chi connectivity index (χ0v) is 15.9. The Morgan fingerprint density at radius 2 is 1.73 bits per heavy atom. The largest absolute Gasteiger partial charge is 0.379 e. The molecule has 1 aliphatic rings. The van der Waals surface area contributed by atoms with Crippen molar-refractivity contribution in [2.75, 3.05) is 31.6 Å². The fraction of sp³-hybridized carbons (Fsp3) is 0.389. The van der Waals surface area contributed by atoms with Crippen molar-refractivity contribution >= 4 is 21.6 Å². The molecule has 0 spiro atoms. The minimum atomic E-state index is -3.67. The summed E-state index contributed by atoms with van der Waals surface area (Å²) >= 11 is 0. The van der Waals surface area contributed by atoms with E-state index in [1.54, 1.807) is 13.8 Å². The highest BCUT2D eigenvalue weighted by Crippen LogP contribution is 2.27. The van der Waals surface area contributed by atoms with Crippen LogP contribution in [-0.4, -0.2) is 49.9 Å². The van der Waals surface area contributed by atoms with Gasteiger partial charge in [-0.25, -0.2) is 8.42 Å². The molecule has 7 nitrogen and oxygen atoms in total.